The molecule has 2 aromatic carbocycles. The lowest BCUT2D eigenvalue weighted by molar-refractivity contribution is 0.561. The number of hydrogen-bond acceptors (Lipinski definition) is 2. The van der Waals surface area contributed by atoms with Crippen LogP contribution in [0.3, 0.4) is 0 Å². The van der Waals surface area contributed by atoms with E-state index in [0.717, 1.165) is 16.8 Å². The minimum atomic E-state index is 0.699. The van der Waals surface area contributed by atoms with Gasteiger partial charge in [-0.3, -0.25) is 0 Å². The average Bonchev–Trinajstić information content (AvgIpc) is 2.99. The maximum Gasteiger partial charge on any atom is 0.192 e. The van der Waals surface area contributed by atoms with Crippen LogP contribution in [0.5, 0.6) is 0 Å². The van der Waals surface area contributed by atoms with Gasteiger partial charge in [0.25, 0.3) is 0 Å². The quantitative estimate of drug-likeness (QED) is 0.508. The van der Waals surface area contributed by atoms with E-state index in [0.29, 0.717) is 5.89 Å². The van der Waals surface area contributed by atoms with Gasteiger partial charge >= 0.3 is 0 Å². The summed E-state index contributed by atoms with van der Waals surface area (Å²) in [6, 6.07) is 16.5. The predicted octanol–water partition coefficient (Wildman–Crippen LogP) is 4.08. The third-order valence-corrected chi connectivity index (χ3v) is 3.36. The van der Waals surface area contributed by atoms with Gasteiger partial charge in [-0.2, -0.15) is 0 Å². The molecule has 4 aromatic rings. The van der Waals surface area contributed by atoms with Crippen LogP contribution in [0.1, 0.15) is 5.89 Å². The molecule has 0 radical (unpaired) electrons. The molecule has 4 rings (SSSR count). The standard InChI is InChI=1S/C16H12N2O/c1-11-17-14-10-13(6-7-16(14)19-11)18-9-8-12-4-2-3-5-15(12)18/h2-10H,1H3. The summed E-state index contributed by atoms with van der Waals surface area (Å²) in [6.07, 6.45) is 2.08. The Hall–Kier alpha value is -2.55. The van der Waals surface area contributed by atoms with Crippen LogP contribution >= 0.6 is 0 Å². The molecule has 2 heterocycles. The molecule has 0 amide bonds. The molecule has 3 nitrogen and oxygen atoms in total. The van der Waals surface area contributed by atoms with Crippen LogP contribution in [0.25, 0.3) is 27.7 Å². The first-order chi connectivity index (χ1) is 9.31. The smallest absolute Gasteiger partial charge is 0.192 e. The van der Waals surface area contributed by atoms with Crippen LogP contribution in [-0.2, 0) is 0 Å². The number of rotatable bonds is 1. The van der Waals surface area contributed by atoms with Crippen molar-refractivity contribution in [3.05, 3.63) is 60.6 Å². The van der Waals surface area contributed by atoms with E-state index in [1.54, 1.807) is 0 Å². The highest BCUT2D eigenvalue weighted by molar-refractivity contribution is 5.83. The summed E-state index contributed by atoms with van der Waals surface area (Å²) in [5.74, 6) is 0.699. The van der Waals surface area contributed by atoms with Crippen LogP contribution in [0, 0.1) is 6.92 Å². The van der Waals surface area contributed by atoms with E-state index in [-0.39, 0.29) is 0 Å². The molecule has 0 bridgehead atoms. The van der Waals surface area contributed by atoms with E-state index in [1.165, 1.54) is 10.9 Å². The molecule has 0 aliphatic carbocycles. The van der Waals surface area contributed by atoms with Gasteiger partial charge in [-0.1, -0.05) is 18.2 Å². The lowest BCUT2D eigenvalue weighted by atomic mass is 10.2. The molecule has 0 aliphatic rings. The maximum atomic E-state index is 5.51. The largest absolute Gasteiger partial charge is 0.441 e. The molecule has 0 N–H and O–H groups in total. The summed E-state index contributed by atoms with van der Waals surface area (Å²) in [4.78, 5) is 4.38. The number of benzene rings is 2. The highest BCUT2D eigenvalue weighted by Gasteiger charge is 2.06. The molecule has 0 saturated carbocycles. The first-order valence-electron chi connectivity index (χ1n) is 6.25. The Balaban J connectivity index is 1.98. The van der Waals surface area contributed by atoms with Crippen LogP contribution in [-0.4, -0.2) is 9.55 Å². The summed E-state index contributed by atoms with van der Waals surface area (Å²) >= 11 is 0. The van der Waals surface area contributed by atoms with Crippen molar-refractivity contribution < 1.29 is 4.42 Å². The average molecular weight is 248 g/mol. The third-order valence-electron chi connectivity index (χ3n) is 3.36. The molecule has 19 heavy (non-hydrogen) atoms. The van der Waals surface area contributed by atoms with Crippen molar-refractivity contribution in [2.75, 3.05) is 0 Å². The van der Waals surface area contributed by atoms with Gasteiger partial charge in [-0.25, -0.2) is 4.98 Å². The first-order valence-corrected chi connectivity index (χ1v) is 6.25. The number of fused-ring (bicyclic) bond motifs is 2. The fraction of sp³-hybridized carbons (Fsp3) is 0.0625. The summed E-state index contributed by atoms with van der Waals surface area (Å²) in [5, 5.41) is 1.24. The van der Waals surface area contributed by atoms with Crippen LogP contribution in [0.4, 0.5) is 0 Å². The molecular weight excluding hydrogens is 236 g/mol. The van der Waals surface area contributed by atoms with Gasteiger partial charge in [0.2, 0.25) is 0 Å². The SMILES string of the molecule is Cc1nc2cc(-n3ccc4ccccc43)ccc2o1. The van der Waals surface area contributed by atoms with E-state index < -0.39 is 0 Å². The Kier molecular flexibility index (Phi) is 2.03. The Bertz CT molecular complexity index is 886. The van der Waals surface area contributed by atoms with E-state index >= 15 is 0 Å². The second kappa shape index (κ2) is 3.72. The third kappa shape index (κ3) is 1.55. The number of aromatic nitrogens is 2. The van der Waals surface area contributed by atoms with Crippen LogP contribution in [0.2, 0.25) is 0 Å². The van der Waals surface area contributed by atoms with Gasteiger partial charge in [-0.05, 0) is 35.7 Å². The first kappa shape index (κ1) is 10.4. The Labute approximate surface area is 110 Å². The van der Waals surface area contributed by atoms with Crippen molar-refractivity contribution in [3.8, 4) is 5.69 Å². The van der Waals surface area contributed by atoms with Crippen LogP contribution in [0.15, 0.2) is 59.1 Å². The molecule has 3 heteroatoms. The molecule has 0 fully saturated rings. The molecule has 2 aromatic heterocycles. The van der Waals surface area contributed by atoms with E-state index in [2.05, 4.69) is 58.2 Å². The van der Waals surface area contributed by atoms with Gasteiger partial charge in [-0.15, -0.1) is 0 Å². The zero-order valence-corrected chi connectivity index (χ0v) is 10.5. The van der Waals surface area contributed by atoms with Gasteiger partial charge in [0.05, 0.1) is 5.52 Å². The summed E-state index contributed by atoms with van der Waals surface area (Å²) < 4.78 is 7.67. The van der Waals surface area contributed by atoms with Gasteiger partial charge < -0.3 is 8.98 Å². The van der Waals surface area contributed by atoms with E-state index in [1.807, 2.05) is 13.0 Å². The van der Waals surface area contributed by atoms with Gasteiger partial charge in [0.15, 0.2) is 11.5 Å². The molecule has 92 valence electrons. The van der Waals surface area contributed by atoms with Crippen molar-refractivity contribution in [2.45, 2.75) is 6.92 Å². The number of hydrogen-bond donors (Lipinski definition) is 0. The summed E-state index contributed by atoms with van der Waals surface area (Å²) in [6.45, 7) is 1.87. The summed E-state index contributed by atoms with van der Waals surface area (Å²) in [7, 11) is 0. The monoisotopic (exact) mass is 248 g/mol. The fourth-order valence-corrected chi connectivity index (χ4v) is 2.49. The highest BCUT2D eigenvalue weighted by atomic mass is 16.3. The second-order valence-corrected chi connectivity index (χ2v) is 4.63. The number of para-hydroxylation sites is 1. The lowest BCUT2D eigenvalue weighted by Gasteiger charge is -2.04. The lowest BCUT2D eigenvalue weighted by Crippen LogP contribution is -1.91. The molecule has 0 atom stereocenters. The van der Waals surface area contributed by atoms with E-state index in [4.69, 9.17) is 4.42 Å². The Morgan fingerprint density at radius 3 is 2.89 bits per heavy atom. The minimum Gasteiger partial charge on any atom is -0.441 e. The Morgan fingerprint density at radius 2 is 1.95 bits per heavy atom. The van der Waals surface area contributed by atoms with Crippen molar-refractivity contribution in [1.82, 2.24) is 9.55 Å². The number of oxazole rings is 1. The normalized spacial score (nSPS) is 11.4. The zero-order valence-electron chi connectivity index (χ0n) is 10.5. The molecular formula is C16H12N2O. The minimum absolute atomic E-state index is 0.699. The van der Waals surface area contributed by atoms with Crippen molar-refractivity contribution >= 4 is 22.0 Å². The van der Waals surface area contributed by atoms with Crippen LogP contribution < -0.4 is 0 Å². The topological polar surface area (TPSA) is 31.0 Å². The number of aryl methyl sites for hydroxylation is 1. The van der Waals surface area contributed by atoms with Gasteiger partial charge in [0, 0.05) is 18.8 Å². The molecule has 0 spiro atoms. The predicted molar refractivity (Wildman–Crippen MR) is 75.6 cm³/mol. The highest BCUT2D eigenvalue weighted by Crippen LogP contribution is 2.23. The second-order valence-electron chi connectivity index (χ2n) is 4.63. The fourth-order valence-electron chi connectivity index (χ4n) is 2.49. The number of nitrogens with zero attached hydrogens (tertiary/aromatic N) is 2. The van der Waals surface area contributed by atoms with Gasteiger partial charge in [0.1, 0.15) is 5.52 Å². The van der Waals surface area contributed by atoms with E-state index in [9.17, 15) is 0 Å². The molecule has 0 unspecified atom stereocenters. The maximum absolute atomic E-state index is 5.51. The van der Waals surface area contributed by atoms with Crippen molar-refractivity contribution in [2.24, 2.45) is 0 Å². The molecule has 0 aliphatic heterocycles. The summed E-state index contributed by atoms with van der Waals surface area (Å²) in [5.41, 5.74) is 4.02. The zero-order chi connectivity index (χ0) is 12.8. The van der Waals surface area contributed by atoms with Crippen molar-refractivity contribution in [1.29, 1.82) is 0 Å². The van der Waals surface area contributed by atoms with Crippen molar-refractivity contribution in [3.63, 3.8) is 0 Å². The molecule has 0 saturated heterocycles. The Morgan fingerprint density at radius 1 is 1.05 bits per heavy atom.